The summed E-state index contributed by atoms with van der Waals surface area (Å²) < 4.78 is 10.8. The second-order valence-electron chi connectivity index (χ2n) is 5.26. The molecule has 6 nitrogen and oxygen atoms in total. The Morgan fingerprint density at radius 1 is 1.42 bits per heavy atom. The molecule has 0 aliphatic carbocycles. The van der Waals surface area contributed by atoms with E-state index in [0.717, 1.165) is 57.3 Å². The number of rotatable bonds is 4. The average Bonchev–Trinajstić information content (AvgIpc) is 3.11. The Labute approximate surface area is 113 Å². The van der Waals surface area contributed by atoms with Gasteiger partial charge in [0.05, 0.1) is 18.6 Å². The van der Waals surface area contributed by atoms with Crippen LogP contribution in [0.25, 0.3) is 0 Å². The van der Waals surface area contributed by atoms with Crippen molar-refractivity contribution in [3.63, 3.8) is 0 Å². The van der Waals surface area contributed by atoms with Gasteiger partial charge < -0.3 is 14.6 Å². The van der Waals surface area contributed by atoms with Gasteiger partial charge in [0.15, 0.2) is 5.82 Å². The minimum absolute atomic E-state index is 0.280. The average molecular weight is 266 g/mol. The molecule has 2 unspecified atom stereocenters. The maximum Gasteiger partial charge on any atom is 0.232 e. The van der Waals surface area contributed by atoms with Crippen LogP contribution in [0.3, 0.4) is 0 Å². The molecule has 0 amide bonds. The van der Waals surface area contributed by atoms with Gasteiger partial charge in [0.25, 0.3) is 0 Å². The summed E-state index contributed by atoms with van der Waals surface area (Å²) in [6, 6.07) is 0.280. The number of hydrogen-bond acceptors (Lipinski definition) is 6. The van der Waals surface area contributed by atoms with Crippen LogP contribution >= 0.6 is 0 Å². The van der Waals surface area contributed by atoms with Gasteiger partial charge in [0.2, 0.25) is 5.89 Å². The molecule has 6 heteroatoms. The molecule has 2 atom stereocenters. The zero-order chi connectivity index (χ0) is 13.1. The third-order valence-electron chi connectivity index (χ3n) is 4.01. The highest BCUT2D eigenvalue weighted by Crippen LogP contribution is 2.27. The highest BCUT2D eigenvalue weighted by Gasteiger charge is 2.28. The van der Waals surface area contributed by atoms with Crippen molar-refractivity contribution in [2.45, 2.75) is 31.7 Å². The Balaban J connectivity index is 1.71. The van der Waals surface area contributed by atoms with Gasteiger partial charge in [-0.15, -0.1) is 0 Å². The molecule has 2 saturated heterocycles. The monoisotopic (exact) mass is 266 g/mol. The fraction of sp³-hybridized carbons (Fsp3) is 0.846. The first kappa shape index (κ1) is 13.0. The molecule has 106 valence electrons. The fourth-order valence-corrected chi connectivity index (χ4v) is 2.88. The van der Waals surface area contributed by atoms with Crippen LogP contribution < -0.4 is 5.32 Å². The van der Waals surface area contributed by atoms with E-state index in [0.29, 0.717) is 12.5 Å². The van der Waals surface area contributed by atoms with E-state index in [4.69, 9.17) is 9.26 Å². The molecule has 1 N–H and O–H groups in total. The van der Waals surface area contributed by atoms with Crippen LogP contribution in [0, 0.1) is 0 Å². The molecule has 2 aliphatic rings. The number of nitrogens with one attached hydrogen (secondary N) is 1. The molecule has 2 aliphatic heterocycles. The molecule has 0 aromatic carbocycles. The van der Waals surface area contributed by atoms with Gasteiger partial charge in [0.1, 0.15) is 0 Å². The molecule has 1 aromatic rings. The van der Waals surface area contributed by atoms with E-state index in [1.54, 1.807) is 0 Å². The summed E-state index contributed by atoms with van der Waals surface area (Å²) >= 11 is 0. The van der Waals surface area contributed by atoms with E-state index in [1.807, 2.05) is 0 Å². The van der Waals surface area contributed by atoms with Crippen molar-refractivity contribution >= 4 is 0 Å². The van der Waals surface area contributed by atoms with E-state index in [9.17, 15) is 0 Å². The lowest BCUT2D eigenvalue weighted by Crippen LogP contribution is -2.45. The van der Waals surface area contributed by atoms with Gasteiger partial charge in [-0.3, -0.25) is 4.90 Å². The van der Waals surface area contributed by atoms with Crippen LogP contribution in [-0.2, 0) is 4.74 Å². The zero-order valence-corrected chi connectivity index (χ0v) is 11.5. The lowest BCUT2D eigenvalue weighted by Gasteiger charge is -2.32. The number of nitrogens with zero attached hydrogens (tertiary/aromatic N) is 3. The van der Waals surface area contributed by atoms with Crippen molar-refractivity contribution in [1.29, 1.82) is 0 Å². The molecule has 0 saturated carbocycles. The Kier molecular flexibility index (Phi) is 4.10. The SMILES string of the molecule is CCC(c1noc(C2CCOC2)n1)N1CCNCC1. The van der Waals surface area contributed by atoms with E-state index in [-0.39, 0.29) is 6.04 Å². The minimum atomic E-state index is 0.280. The molecule has 2 fully saturated rings. The zero-order valence-electron chi connectivity index (χ0n) is 11.5. The normalized spacial score (nSPS) is 26.7. The topological polar surface area (TPSA) is 63.4 Å². The van der Waals surface area contributed by atoms with Gasteiger partial charge in [-0.1, -0.05) is 12.1 Å². The molecule has 0 bridgehead atoms. The second kappa shape index (κ2) is 5.98. The lowest BCUT2D eigenvalue weighted by atomic mass is 10.1. The van der Waals surface area contributed by atoms with Crippen LogP contribution in [0.5, 0.6) is 0 Å². The summed E-state index contributed by atoms with van der Waals surface area (Å²) in [6.45, 7) is 7.88. The van der Waals surface area contributed by atoms with Crippen molar-refractivity contribution in [1.82, 2.24) is 20.4 Å². The maximum absolute atomic E-state index is 5.44. The number of hydrogen-bond donors (Lipinski definition) is 1. The summed E-state index contributed by atoms with van der Waals surface area (Å²) in [5, 5.41) is 7.58. The first-order valence-corrected chi connectivity index (χ1v) is 7.24. The van der Waals surface area contributed by atoms with Gasteiger partial charge in [-0.2, -0.15) is 4.98 Å². The Hall–Kier alpha value is -0.980. The Bertz CT molecular complexity index is 397. The van der Waals surface area contributed by atoms with Gasteiger partial charge in [-0.25, -0.2) is 0 Å². The first-order chi connectivity index (χ1) is 9.38. The highest BCUT2D eigenvalue weighted by atomic mass is 16.5. The highest BCUT2D eigenvalue weighted by molar-refractivity contribution is 5.00. The number of piperazine rings is 1. The first-order valence-electron chi connectivity index (χ1n) is 7.24. The van der Waals surface area contributed by atoms with Gasteiger partial charge in [0, 0.05) is 32.8 Å². The quantitative estimate of drug-likeness (QED) is 0.874. The molecule has 0 spiro atoms. The fourth-order valence-electron chi connectivity index (χ4n) is 2.88. The summed E-state index contributed by atoms with van der Waals surface area (Å²) in [7, 11) is 0. The standard InChI is InChI=1S/C13H22N4O2/c1-2-11(17-6-4-14-5-7-17)12-15-13(19-16-12)10-3-8-18-9-10/h10-11,14H,2-9H2,1H3. The molecule has 1 aromatic heterocycles. The van der Waals surface area contributed by atoms with Crippen molar-refractivity contribution < 1.29 is 9.26 Å². The van der Waals surface area contributed by atoms with Crippen molar-refractivity contribution in [2.75, 3.05) is 39.4 Å². The van der Waals surface area contributed by atoms with Crippen LogP contribution in [0.1, 0.15) is 43.4 Å². The van der Waals surface area contributed by atoms with Crippen LogP contribution in [0.4, 0.5) is 0 Å². The Morgan fingerprint density at radius 3 is 2.95 bits per heavy atom. The van der Waals surface area contributed by atoms with E-state index < -0.39 is 0 Å². The summed E-state index contributed by atoms with van der Waals surface area (Å²) in [6.07, 6.45) is 2.01. The van der Waals surface area contributed by atoms with Crippen LogP contribution in [0.15, 0.2) is 4.52 Å². The van der Waals surface area contributed by atoms with Gasteiger partial charge >= 0.3 is 0 Å². The summed E-state index contributed by atoms with van der Waals surface area (Å²) in [5.74, 6) is 1.88. The summed E-state index contributed by atoms with van der Waals surface area (Å²) in [5.41, 5.74) is 0. The predicted molar refractivity (Wildman–Crippen MR) is 69.9 cm³/mol. The van der Waals surface area contributed by atoms with E-state index >= 15 is 0 Å². The van der Waals surface area contributed by atoms with Crippen molar-refractivity contribution in [2.24, 2.45) is 0 Å². The second-order valence-corrected chi connectivity index (χ2v) is 5.26. The third-order valence-corrected chi connectivity index (χ3v) is 4.01. The molecule has 3 heterocycles. The van der Waals surface area contributed by atoms with Gasteiger partial charge in [-0.05, 0) is 12.8 Å². The van der Waals surface area contributed by atoms with E-state index in [2.05, 4.69) is 27.3 Å². The maximum atomic E-state index is 5.44. The number of aromatic nitrogens is 2. The molecule has 19 heavy (non-hydrogen) atoms. The number of ether oxygens (including phenoxy) is 1. The third kappa shape index (κ3) is 2.80. The smallest absolute Gasteiger partial charge is 0.232 e. The molecule has 3 rings (SSSR count). The van der Waals surface area contributed by atoms with Crippen molar-refractivity contribution in [3.8, 4) is 0 Å². The molecular weight excluding hydrogens is 244 g/mol. The predicted octanol–water partition coefficient (Wildman–Crippen LogP) is 0.930. The molecular formula is C13H22N4O2. The van der Waals surface area contributed by atoms with Crippen LogP contribution in [0.2, 0.25) is 0 Å². The molecule has 0 radical (unpaired) electrons. The summed E-state index contributed by atoms with van der Waals surface area (Å²) in [4.78, 5) is 7.06. The minimum Gasteiger partial charge on any atom is -0.381 e. The lowest BCUT2D eigenvalue weighted by molar-refractivity contribution is 0.160. The Morgan fingerprint density at radius 2 is 2.26 bits per heavy atom. The largest absolute Gasteiger partial charge is 0.381 e. The van der Waals surface area contributed by atoms with E-state index in [1.165, 1.54) is 0 Å². The van der Waals surface area contributed by atoms with Crippen molar-refractivity contribution in [3.05, 3.63) is 11.7 Å². The van der Waals surface area contributed by atoms with Crippen LogP contribution in [-0.4, -0.2) is 54.4 Å².